The van der Waals surface area contributed by atoms with Crippen LogP contribution in [0.2, 0.25) is 0 Å². The minimum Gasteiger partial charge on any atom is -0.326 e. The zero-order valence-corrected chi connectivity index (χ0v) is 17.3. The number of rotatable bonds is 6. The molecular formula is C20H22N2O4S2. The topological polar surface area (TPSA) is 92.3 Å². The molecule has 0 aliphatic carbocycles. The lowest BCUT2D eigenvalue weighted by Gasteiger charge is -2.21. The normalized spacial score (nSPS) is 16.2. The molecule has 28 heavy (non-hydrogen) atoms. The van der Waals surface area contributed by atoms with Crippen LogP contribution in [0.3, 0.4) is 0 Å². The maximum Gasteiger partial charge on any atom is 0.237 e. The van der Waals surface area contributed by atoms with Gasteiger partial charge in [0.15, 0.2) is 9.84 Å². The van der Waals surface area contributed by atoms with E-state index in [1.807, 2.05) is 25.1 Å². The summed E-state index contributed by atoms with van der Waals surface area (Å²) in [6.07, 6.45) is 0.627. The number of carbonyl (C=O) groups is 2. The molecule has 2 aromatic rings. The van der Waals surface area contributed by atoms with Gasteiger partial charge in [-0.15, -0.1) is 11.8 Å². The molecule has 0 saturated heterocycles. The van der Waals surface area contributed by atoms with Gasteiger partial charge >= 0.3 is 0 Å². The van der Waals surface area contributed by atoms with Crippen molar-refractivity contribution >= 4 is 44.8 Å². The SMILES string of the molecule is CCc1ccccc1NC(=O)CCS(=O)(=O)c1ccc2c(c1)NC(=O)C(C)S2. The average Bonchev–Trinajstić information content (AvgIpc) is 2.67. The second kappa shape index (κ2) is 8.36. The monoisotopic (exact) mass is 418 g/mol. The van der Waals surface area contributed by atoms with Gasteiger partial charge in [0.25, 0.3) is 0 Å². The van der Waals surface area contributed by atoms with E-state index in [2.05, 4.69) is 10.6 Å². The number of fused-ring (bicyclic) bond motifs is 1. The van der Waals surface area contributed by atoms with Crippen LogP contribution in [0, 0.1) is 0 Å². The molecule has 2 aromatic carbocycles. The summed E-state index contributed by atoms with van der Waals surface area (Å²) < 4.78 is 25.3. The first kappa shape index (κ1) is 20.4. The molecule has 8 heteroatoms. The van der Waals surface area contributed by atoms with Gasteiger partial charge in [-0.3, -0.25) is 9.59 Å². The quantitative estimate of drug-likeness (QED) is 0.749. The maximum absolute atomic E-state index is 12.6. The molecule has 0 fully saturated rings. The molecule has 1 aliphatic heterocycles. The molecule has 0 aromatic heterocycles. The number of aryl methyl sites for hydroxylation is 1. The summed E-state index contributed by atoms with van der Waals surface area (Å²) in [6.45, 7) is 3.78. The summed E-state index contributed by atoms with van der Waals surface area (Å²) in [5.74, 6) is -0.801. The second-order valence-electron chi connectivity index (χ2n) is 6.54. The fraction of sp³-hybridized carbons (Fsp3) is 0.300. The van der Waals surface area contributed by atoms with Gasteiger partial charge in [-0.2, -0.15) is 0 Å². The molecule has 0 radical (unpaired) electrons. The van der Waals surface area contributed by atoms with Crippen molar-refractivity contribution in [3.63, 3.8) is 0 Å². The molecule has 0 bridgehead atoms. The number of anilines is 2. The first-order valence-electron chi connectivity index (χ1n) is 9.02. The van der Waals surface area contributed by atoms with Crippen LogP contribution < -0.4 is 10.6 Å². The van der Waals surface area contributed by atoms with Crippen molar-refractivity contribution in [2.45, 2.75) is 41.7 Å². The highest BCUT2D eigenvalue weighted by molar-refractivity contribution is 8.01. The van der Waals surface area contributed by atoms with Gasteiger partial charge in [0.05, 0.1) is 21.6 Å². The Bertz CT molecular complexity index is 1020. The number of amides is 2. The number of benzene rings is 2. The third-order valence-corrected chi connectivity index (χ3v) is 7.40. The van der Waals surface area contributed by atoms with E-state index in [0.29, 0.717) is 11.4 Å². The first-order valence-corrected chi connectivity index (χ1v) is 11.6. The summed E-state index contributed by atoms with van der Waals surface area (Å²) in [5, 5.41) is 5.29. The van der Waals surface area contributed by atoms with E-state index in [4.69, 9.17) is 0 Å². The van der Waals surface area contributed by atoms with Crippen molar-refractivity contribution in [2.24, 2.45) is 0 Å². The number of nitrogens with one attached hydrogen (secondary N) is 2. The van der Waals surface area contributed by atoms with Gasteiger partial charge in [0.2, 0.25) is 11.8 Å². The fourth-order valence-corrected chi connectivity index (χ4v) is 5.08. The lowest BCUT2D eigenvalue weighted by molar-refractivity contribution is -0.116. The van der Waals surface area contributed by atoms with E-state index in [0.717, 1.165) is 16.9 Å². The van der Waals surface area contributed by atoms with Crippen molar-refractivity contribution in [3.8, 4) is 0 Å². The Morgan fingerprint density at radius 1 is 1.21 bits per heavy atom. The van der Waals surface area contributed by atoms with Gasteiger partial charge in [-0.1, -0.05) is 25.1 Å². The Labute approximate surface area is 169 Å². The molecule has 1 aliphatic rings. The highest BCUT2D eigenvalue weighted by Gasteiger charge is 2.25. The van der Waals surface area contributed by atoms with Crippen LogP contribution in [0.5, 0.6) is 0 Å². The zero-order chi connectivity index (χ0) is 20.3. The van der Waals surface area contributed by atoms with E-state index in [-0.39, 0.29) is 34.1 Å². The molecular weight excluding hydrogens is 396 g/mol. The van der Waals surface area contributed by atoms with Crippen molar-refractivity contribution < 1.29 is 18.0 Å². The maximum atomic E-state index is 12.6. The zero-order valence-electron chi connectivity index (χ0n) is 15.7. The number of para-hydroxylation sites is 1. The van der Waals surface area contributed by atoms with Crippen molar-refractivity contribution in [3.05, 3.63) is 48.0 Å². The summed E-state index contributed by atoms with van der Waals surface area (Å²) in [5.41, 5.74) is 2.20. The Morgan fingerprint density at radius 3 is 2.71 bits per heavy atom. The van der Waals surface area contributed by atoms with Crippen LogP contribution in [0.15, 0.2) is 52.3 Å². The number of thioether (sulfide) groups is 1. The van der Waals surface area contributed by atoms with E-state index < -0.39 is 9.84 Å². The lowest BCUT2D eigenvalue weighted by Crippen LogP contribution is -2.26. The Hall–Kier alpha value is -2.32. The third-order valence-electron chi connectivity index (χ3n) is 4.51. The van der Waals surface area contributed by atoms with Gasteiger partial charge < -0.3 is 10.6 Å². The standard InChI is InChI=1S/C20H22N2O4S2/c1-3-14-6-4-5-7-16(14)21-19(23)10-11-28(25,26)15-8-9-18-17(12-15)22-20(24)13(2)27-18/h4-9,12-13H,3,10-11H2,1-2H3,(H,21,23)(H,22,24). The average molecular weight is 419 g/mol. The largest absolute Gasteiger partial charge is 0.326 e. The van der Waals surface area contributed by atoms with Gasteiger partial charge in [-0.25, -0.2) is 8.42 Å². The molecule has 2 N–H and O–H groups in total. The predicted molar refractivity (Wildman–Crippen MR) is 112 cm³/mol. The van der Waals surface area contributed by atoms with Crippen molar-refractivity contribution in [1.82, 2.24) is 0 Å². The van der Waals surface area contributed by atoms with Crippen LogP contribution in [0.1, 0.15) is 25.8 Å². The lowest BCUT2D eigenvalue weighted by atomic mass is 10.1. The minimum atomic E-state index is -3.65. The second-order valence-corrected chi connectivity index (χ2v) is 10.0. The molecule has 1 atom stereocenters. The molecule has 148 valence electrons. The van der Waals surface area contributed by atoms with E-state index in [9.17, 15) is 18.0 Å². The van der Waals surface area contributed by atoms with Crippen LogP contribution >= 0.6 is 11.8 Å². The minimum absolute atomic E-state index is 0.100. The van der Waals surface area contributed by atoms with E-state index in [1.165, 1.54) is 23.9 Å². The molecule has 6 nitrogen and oxygen atoms in total. The molecule has 2 amide bonds. The van der Waals surface area contributed by atoms with Crippen molar-refractivity contribution in [2.75, 3.05) is 16.4 Å². The Balaban J connectivity index is 1.68. The highest BCUT2D eigenvalue weighted by Crippen LogP contribution is 2.36. The predicted octanol–water partition coefficient (Wildman–Crippen LogP) is 3.48. The Kier molecular flexibility index (Phi) is 6.10. The Morgan fingerprint density at radius 2 is 1.96 bits per heavy atom. The molecule has 1 unspecified atom stereocenters. The third kappa shape index (κ3) is 4.56. The highest BCUT2D eigenvalue weighted by atomic mass is 32.2. The summed E-state index contributed by atoms with van der Waals surface area (Å²) in [6, 6.07) is 12.1. The molecule has 0 spiro atoms. The smallest absolute Gasteiger partial charge is 0.237 e. The van der Waals surface area contributed by atoms with Gasteiger partial charge in [-0.05, 0) is 43.2 Å². The molecule has 3 rings (SSSR count). The first-order chi connectivity index (χ1) is 13.3. The van der Waals surface area contributed by atoms with Crippen LogP contribution in [0.25, 0.3) is 0 Å². The fourth-order valence-electron chi connectivity index (χ4n) is 2.89. The summed E-state index contributed by atoms with van der Waals surface area (Å²) in [4.78, 5) is 25.0. The number of carbonyl (C=O) groups excluding carboxylic acids is 2. The summed E-state index contributed by atoms with van der Waals surface area (Å²) in [7, 11) is -3.65. The van der Waals surface area contributed by atoms with E-state index >= 15 is 0 Å². The van der Waals surface area contributed by atoms with Crippen LogP contribution in [0.4, 0.5) is 11.4 Å². The number of sulfone groups is 1. The van der Waals surface area contributed by atoms with Gasteiger partial charge in [0.1, 0.15) is 0 Å². The number of hydrogen-bond acceptors (Lipinski definition) is 5. The number of hydrogen-bond donors (Lipinski definition) is 2. The molecule has 0 saturated carbocycles. The van der Waals surface area contributed by atoms with Crippen LogP contribution in [-0.2, 0) is 25.8 Å². The molecule has 1 heterocycles. The van der Waals surface area contributed by atoms with Crippen LogP contribution in [-0.4, -0.2) is 31.2 Å². The summed E-state index contributed by atoms with van der Waals surface area (Å²) >= 11 is 1.39. The van der Waals surface area contributed by atoms with Gasteiger partial charge in [0, 0.05) is 17.0 Å². The van der Waals surface area contributed by atoms with Crippen molar-refractivity contribution in [1.29, 1.82) is 0 Å². The van der Waals surface area contributed by atoms with E-state index in [1.54, 1.807) is 19.1 Å².